The van der Waals surface area contributed by atoms with Crippen LogP contribution in [0.4, 0.5) is 0 Å². The Labute approximate surface area is 124 Å². The third-order valence-corrected chi connectivity index (χ3v) is 5.04. The average Bonchev–Trinajstić information content (AvgIpc) is 2.46. The molecule has 1 aliphatic rings. The first-order chi connectivity index (χ1) is 9.53. The van der Waals surface area contributed by atoms with Crippen molar-refractivity contribution in [1.29, 1.82) is 5.26 Å². The van der Waals surface area contributed by atoms with Crippen molar-refractivity contribution in [2.24, 2.45) is 0 Å². The molecule has 0 saturated carbocycles. The standard InChI is InChI=1S/C13H16ClN3O2S/c14-13-7-12(5-4-10(13)8-15)20(18,19)17-9-11-3-1-2-6-16-11/h4-5,7,11,16-17H,1-3,6,9H2. The second-order valence-electron chi connectivity index (χ2n) is 4.75. The smallest absolute Gasteiger partial charge is 0.240 e. The summed E-state index contributed by atoms with van der Waals surface area (Å²) in [5, 5.41) is 12.2. The van der Waals surface area contributed by atoms with Gasteiger partial charge in [-0.15, -0.1) is 0 Å². The molecule has 0 spiro atoms. The summed E-state index contributed by atoms with van der Waals surface area (Å²) < 4.78 is 26.9. The molecule has 108 valence electrons. The number of nitrogens with zero attached hydrogens (tertiary/aromatic N) is 1. The van der Waals surface area contributed by atoms with Crippen LogP contribution in [0.2, 0.25) is 5.02 Å². The first kappa shape index (κ1) is 15.3. The molecule has 2 N–H and O–H groups in total. The molecule has 0 amide bonds. The SMILES string of the molecule is N#Cc1ccc(S(=O)(=O)NCC2CCCCN2)cc1Cl. The number of benzene rings is 1. The summed E-state index contributed by atoms with van der Waals surface area (Å²) in [5.74, 6) is 0. The second kappa shape index (κ2) is 6.55. The first-order valence-corrected chi connectivity index (χ1v) is 8.32. The summed E-state index contributed by atoms with van der Waals surface area (Å²) in [5.41, 5.74) is 0.263. The van der Waals surface area contributed by atoms with Gasteiger partial charge in [0.1, 0.15) is 6.07 Å². The van der Waals surface area contributed by atoms with Gasteiger partial charge in [-0.3, -0.25) is 0 Å². The largest absolute Gasteiger partial charge is 0.313 e. The number of nitrogens with one attached hydrogen (secondary N) is 2. The lowest BCUT2D eigenvalue weighted by Crippen LogP contribution is -2.43. The van der Waals surface area contributed by atoms with Crippen molar-refractivity contribution in [2.75, 3.05) is 13.1 Å². The Morgan fingerprint density at radius 2 is 2.25 bits per heavy atom. The van der Waals surface area contributed by atoms with Crippen molar-refractivity contribution in [2.45, 2.75) is 30.2 Å². The van der Waals surface area contributed by atoms with Crippen LogP contribution in [0.1, 0.15) is 24.8 Å². The van der Waals surface area contributed by atoms with E-state index in [1.807, 2.05) is 6.07 Å². The van der Waals surface area contributed by atoms with Gasteiger partial charge in [0.15, 0.2) is 0 Å². The Hall–Kier alpha value is -1.13. The van der Waals surface area contributed by atoms with Crippen molar-refractivity contribution in [3.05, 3.63) is 28.8 Å². The molecule has 1 fully saturated rings. The van der Waals surface area contributed by atoms with Crippen LogP contribution < -0.4 is 10.0 Å². The third kappa shape index (κ3) is 3.70. The van der Waals surface area contributed by atoms with Gasteiger partial charge in [-0.1, -0.05) is 18.0 Å². The molecule has 1 aromatic carbocycles. The number of hydrogen-bond donors (Lipinski definition) is 2. The Kier molecular flexibility index (Phi) is 5.00. The summed E-state index contributed by atoms with van der Waals surface area (Å²) >= 11 is 5.86. The van der Waals surface area contributed by atoms with E-state index < -0.39 is 10.0 Å². The monoisotopic (exact) mass is 313 g/mol. The molecule has 1 saturated heterocycles. The van der Waals surface area contributed by atoms with Gasteiger partial charge in [0.05, 0.1) is 15.5 Å². The van der Waals surface area contributed by atoms with Crippen molar-refractivity contribution >= 4 is 21.6 Å². The molecule has 0 radical (unpaired) electrons. The molecule has 1 atom stereocenters. The molecule has 1 aromatic rings. The summed E-state index contributed by atoms with van der Waals surface area (Å²) in [7, 11) is -3.59. The summed E-state index contributed by atoms with van der Waals surface area (Å²) in [4.78, 5) is 0.0808. The Balaban J connectivity index is 2.06. The van der Waals surface area contributed by atoms with E-state index in [9.17, 15) is 8.42 Å². The molecule has 5 nitrogen and oxygen atoms in total. The van der Waals surface area contributed by atoms with E-state index in [0.29, 0.717) is 6.54 Å². The predicted molar refractivity (Wildman–Crippen MR) is 77.0 cm³/mol. The minimum Gasteiger partial charge on any atom is -0.313 e. The molecule has 1 unspecified atom stereocenters. The van der Waals surface area contributed by atoms with E-state index in [2.05, 4.69) is 10.0 Å². The van der Waals surface area contributed by atoms with E-state index in [0.717, 1.165) is 25.8 Å². The number of hydrogen-bond acceptors (Lipinski definition) is 4. The van der Waals surface area contributed by atoms with Crippen molar-refractivity contribution in [3.63, 3.8) is 0 Å². The fourth-order valence-corrected chi connectivity index (χ4v) is 3.54. The van der Waals surface area contributed by atoms with E-state index in [4.69, 9.17) is 16.9 Å². The molecule has 1 heterocycles. The van der Waals surface area contributed by atoms with Gasteiger partial charge < -0.3 is 5.32 Å². The maximum Gasteiger partial charge on any atom is 0.240 e. The number of piperidine rings is 1. The highest BCUT2D eigenvalue weighted by Gasteiger charge is 2.19. The van der Waals surface area contributed by atoms with Gasteiger partial charge in [0, 0.05) is 12.6 Å². The van der Waals surface area contributed by atoms with Gasteiger partial charge in [-0.25, -0.2) is 13.1 Å². The van der Waals surface area contributed by atoms with Gasteiger partial charge in [-0.2, -0.15) is 5.26 Å². The van der Waals surface area contributed by atoms with Crippen molar-refractivity contribution in [1.82, 2.24) is 10.0 Å². The maximum atomic E-state index is 12.1. The minimum absolute atomic E-state index is 0.0808. The van der Waals surface area contributed by atoms with Gasteiger partial charge in [0.2, 0.25) is 10.0 Å². The maximum absolute atomic E-state index is 12.1. The summed E-state index contributed by atoms with van der Waals surface area (Å²) in [6, 6.07) is 6.18. The lowest BCUT2D eigenvalue weighted by Gasteiger charge is -2.23. The van der Waals surface area contributed by atoms with E-state index >= 15 is 0 Å². The van der Waals surface area contributed by atoms with E-state index in [-0.39, 0.29) is 21.5 Å². The fraction of sp³-hybridized carbons (Fsp3) is 0.462. The zero-order chi connectivity index (χ0) is 14.6. The predicted octanol–water partition coefficient (Wildman–Crippen LogP) is 1.63. The molecule has 1 aliphatic heterocycles. The summed E-state index contributed by atoms with van der Waals surface area (Å²) in [6.45, 7) is 1.29. The van der Waals surface area contributed by atoms with Crippen molar-refractivity contribution in [3.8, 4) is 6.07 Å². The Morgan fingerprint density at radius 1 is 1.45 bits per heavy atom. The zero-order valence-electron chi connectivity index (χ0n) is 10.9. The highest BCUT2D eigenvalue weighted by Crippen LogP contribution is 2.20. The van der Waals surface area contributed by atoms with Crippen LogP contribution in [0.25, 0.3) is 0 Å². The van der Waals surface area contributed by atoms with Crippen LogP contribution in [0.5, 0.6) is 0 Å². The highest BCUT2D eigenvalue weighted by molar-refractivity contribution is 7.89. The van der Waals surface area contributed by atoms with Gasteiger partial charge in [-0.05, 0) is 37.6 Å². The van der Waals surface area contributed by atoms with Crippen LogP contribution in [0.15, 0.2) is 23.1 Å². The molecule has 0 aliphatic carbocycles. The van der Waals surface area contributed by atoms with Crippen LogP contribution in [0.3, 0.4) is 0 Å². The molecule has 2 rings (SSSR count). The zero-order valence-corrected chi connectivity index (χ0v) is 12.5. The quantitative estimate of drug-likeness (QED) is 0.885. The normalized spacial score (nSPS) is 19.5. The van der Waals surface area contributed by atoms with E-state index in [1.54, 1.807) is 0 Å². The van der Waals surface area contributed by atoms with E-state index in [1.165, 1.54) is 18.2 Å². The van der Waals surface area contributed by atoms with Crippen LogP contribution in [0, 0.1) is 11.3 Å². The van der Waals surface area contributed by atoms with Crippen LogP contribution in [-0.4, -0.2) is 27.5 Å². The van der Waals surface area contributed by atoms with Crippen LogP contribution >= 0.6 is 11.6 Å². The Bertz CT molecular complexity index is 619. The number of sulfonamides is 1. The lowest BCUT2D eigenvalue weighted by molar-refractivity contribution is 0.398. The average molecular weight is 314 g/mol. The van der Waals surface area contributed by atoms with Gasteiger partial charge >= 0.3 is 0 Å². The molecule has 0 aromatic heterocycles. The lowest BCUT2D eigenvalue weighted by atomic mass is 10.1. The number of nitriles is 1. The Morgan fingerprint density at radius 3 is 2.85 bits per heavy atom. The third-order valence-electron chi connectivity index (χ3n) is 3.30. The van der Waals surface area contributed by atoms with Gasteiger partial charge in [0.25, 0.3) is 0 Å². The second-order valence-corrected chi connectivity index (χ2v) is 6.93. The minimum atomic E-state index is -3.59. The van der Waals surface area contributed by atoms with Crippen LogP contribution in [-0.2, 0) is 10.0 Å². The first-order valence-electron chi connectivity index (χ1n) is 6.45. The highest BCUT2D eigenvalue weighted by atomic mass is 35.5. The molecule has 0 bridgehead atoms. The molecular formula is C13H16ClN3O2S. The molecule has 20 heavy (non-hydrogen) atoms. The number of halogens is 1. The number of rotatable bonds is 4. The molecular weight excluding hydrogens is 298 g/mol. The topological polar surface area (TPSA) is 82.0 Å². The van der Waals surface area contributed by atoms with Crippen molar-refractivity contribution < 1.29 is 8.42 Å². The fourth-order valence-electron chi connectivity index (χ4n) is 2.15. The molecule has 7 heteroatoms. The summed E-state index contributed by atoms with van der Waals surface area (Å²) in [6.07, 6.45) is 3.22.